The Morgan fingerprint density at radius 1 is 1.11 bits per heavy atom. The smallest absolute Gasteiger partial charge is 0.261 e. The molecule has 0 fully saturated rings. The number of para-hydroxylation sites is 1. The zero-order valence-electron chi connectivity index (χ0n) is 14.7. The third kappa shape index (κ3) is 3.21. The van der Waals surface area contributed by atoms with Crippen LogP contribution >= 0.6 is 0 Å². The lowest BCUT2D eigenvalue weighted by Crippen LogP contribution is -2.25. The third-order valence-corrected chi connectivity index (χ3v) is 4.86. The number of hydrogen-bond donors (Lipinski definition) is 2. The number of benzene rings is 2. The summed E-state index contributed by atoms with van der Waals surface area (Å²) in [7, 11) is 0. The first-order chi connectivity index (χ1) is 13.0. The number of aromatic nitrogens is 1. The summed E-state index contributed by atoms with van der Waals surface area (Å²) in [6.07, 6.45) is 3.73. The molecular weight excluding hydrogens is 342 g/mol. The molecule has 1 aliphatic rings. The highest BCUT2D eigenvalue weighted by molar-refractivity contribution is 6.06. The van der Waals surface area contributed by atoms with E-state index in [-0.39, 0.29) is 17.4 Å². The fourth-order valence-corrected chi connectivity index (χ4v) is 3.62. The van der Waals surface area contributed by atoms with E-state index in [4.69, 9.17) is 5.73 Å². The van der Waals surface area contributed by atoms with Gasteiger partial charge in [-0.1, -0.05) is 24.3 Å². The Morgan fingerprint density at radius 3 is 2.63 bits per heavy atom. The SMILES string of the molecule is NC(=O)Cc1ccc(NC(=O)c2cn3c4c(cccc4c2=O)CCC3)cc1. The average molecular weight is 361 g/mol. The molecular formula is C21H19N3O3. The molecule has 1 aliphatic heterocycles. The Hall–Kier alpha value is -3.41. The van der Waals surface area contributed by atoms with Gasteiger partial charge in [0.15, 0.2) is 0 Å². The van der Waals surface area contributed by atoms with Crippen LogP contribution in [0.1, 0.15) is 27.9 Å². The summed E-state index contributed by atoms with van der Waals surface area (Å²) >= 11 is 0. The molecule has 0 unspecified atom stereocenters. The molecule has 0 bridgehead atoms. The number of nitrogens with two attached hydrogens (primary N) is 1. The van der Waals surface area contributed by atoms with Crippen molar-refractivity contribution in [2.75, 3.05) is 5.32 Å². The molecule has 6 nitrogen and oxygen atoms in total. The third-order valence-electron chi connectivity index (χ3n) is 4.86. The van der Waals surface area contributed by atoms with E-state index < -0.39 is 11.8 Å². The molecule has 27 heavy (non-hydrogen) atoms. The monoisotopic (exact) mass is 361 g/mol. The number of rotatable bonds is 4. The molecule has 0 aliphatic carbocycles. The van der Waals surface area contributed by atoms with Gasteiger partial charge in [0.25, 0.3) is 5.91 Å². The number of hydrogen-bond acceptors (Lipinski definition) is 3. The van der Waals surface area contributed by atoms with Crippen LogP contribution in [-0.2, 0) is 24.2 Å². The lowest BCUT2D eigenvalue weighted by molar-refractivity contribution is -0.117. The maximum absolute atomic E-state index is 12.9. The molecule has 0 spiro atoms. The minimum Gasteiger partial charge on any atom is -0.369 e. The predicted octanol–water partition coefficient (Wildman–Crippen LogP) is 2.23. The fourth-order valence-electron chi connectivity index (χ4n) is 3.62. The summed E-state index contributed by atoms with van der Waals surface area (Å²) in [5, 5.41) is 3.34. The molecule has 2 aromatic carbocycles. The van der Waals surface area contributed by atoms with Gasteiger partial charge in [-0.05, 0) is 42.2 Å². The number of primary amides is 1. The minimum atomic E-state index is -0.440. The van der Waals surface area contributed by atoms with E-state index in [0.717, 1.165) is 36.0 Å². The standard InChI is InChI=1S/C21H19N3O3/c22-18(25)11-13-6-8-15(9-7-13)23-21(27)17-12-24-10-2-4-14-3-1-5-16(19(14)24)20(17)26/h1,3,5-9,12H,2,4,10-11H2,(H2,22,25)(H,23,27). The number of nitrogens with one attached hydrogen (secondary N) is 1. The van der Waals surface area contributed by atoms with Crippen molar-refractivity contribution in [2.24, 2.45) is 5.73 Å². The molecule has 6 heteroatoms. The summed E-state index contributed by atoms with van der Waals surface area (Å²) in [6.45, 7) is 0.788. The van der Waals surface area contributed by atoms with Crippen molar-refractivity contribution >= 4 is 28.4 Å². The Balaban J connectivity index is 1.66. The molecule has 2 heterocycles. The molecule has 136 valence electrons. The fraction of sp³-hybridized carbons (Fsp3) is 0.190. The number of anilines is 1. The van der Waals surface area contributed by atoms with Gasteiger partial charge in [0.2, 0.25) is 11.3 Å². The molecule has 2 amide bonds. The molecule has 3 aromatic rings. The van der Waals surface area contributed by atoms with Crippen molar-refractivity contribution in [1.29, 1.82) is 0 Å². The van der Waals surface area contributed by atoms with Crippen molar-refractivity contribution in [3.63, 3.8) is 0 Å². The Morgan fingerprint density at radius 2 is 1.89 bits per heavy atom. The normalized spacial score (nSPS) is 12.7. The average Bonchev–Trinajstić information content (AvgIpc) is 2.65. The molecule has 0 saturated carbocycles. The van der Waals surface area contributed by atoms with Crippen molar-refractivity contribution in [1.82, 2.24) is 4.57 Å². The molecule has 1 aromatic heterocycles. The van der Waals surface area contributed by atoms with Crippen LogP contribution in [-0.4, -0.2) is 16.4 Å². The van der Waals surface area contributed by atoms with E-state index in [9.17, 15) is 14.4 Å². The minimum absolute atomic E-state index is 0.128. The Bertz CT molecular complexity index is 1110. The van der Waals surface area contributed by atoms with Crippen LogP contribution in [0, 0.1) is 0 Å². The van der Waals surface area contributed by atoms with Crippen LogP contribution in [0.15, 0.2) is 53.5 Å². The second-order valence-electron chi connectivity index (χ2n) is 6.78. The number of amides is 2. The highest BCUT2D eigenvalue weighted by atomic mass is 16.2. The number of aryl methyl sites for hydroxylation is 2. The van der Waals surface area contributed by atoms with Gasteiger partial charge in [0, 0.05) is 23.8 Å². The Kier molecular flexibility index (Phi) is 4.24. The highest BCUT2D eigenvalue weighted by Gasteiger charge is 2.19. The largest absolute Gasteiger partial charge is 0.369 e. The second-order valence-corrected chi connectivity index (χ2v) is 6.78. The number of carbonyl (C=O) groups excluding carboxylic acids is 2. The van der Waals surface area contributed by atoms with Gasteiger partial charge in [0.05, 0.1) is 11.9 Å². The zero-order valence-corrected chi connectivity index (χ0v) is 14.7. The molecule has 0 radical (unpaired) electrons. The number of nitrogens with zero attached hydrogens (tertiary/aromatic N) is 1. The summed E-state index contributed by atoms with van der Waals surface area (Å²) < 4.78 is 2.00. The van der Waals surface area contributed by atoms with Gasteiger partial charge in [-0.3, -0.25) is 14.4 Å². The maximum Gasteiger partial charge on any atom is 0.261 e. The summed E-state index contributed by atoms with van der Waals surface area (Å²) in [5.41, 5.74) is 8.45. The van der Waals surface area contributed by atoms with Gasteiger partial charge in [0.1, 0.15) is 5.56 Å². The Labute approximate surface area is 155 Å². The van der Waals surface area contributed by atoms with Crippen LogP contribution in [0.2, 0.25) is 0 Å². The van der Waals surface area contributed by atoms with Crippen molar-refractivity contribution in [3.05, 3.63) is 75.6 Å². The number of pyridine rings is 1. The first kappa shape index (κ1) is 17.0. The van der Waals surface area contributed by atoms with Crippen LogP contribution in [0.25, 0.3) is 10.9 Å². The summed E-state index contributed by atoms with van der Waals surface area (Å²) in [6, 6.07) is 12.5. The van der Waals surface area contributed by atoms with E-state index in [1.165, 1.54) is 0 Å². The summed E-state index contributed by atoms with van der Waals surface area (Å²) in [4.78, 5) is 36.5. The lowest BCUT2D eigenvalue weighted by Gasteiger charge is -2.20. The highest BCUT2D eigenvalue weighted by Crippen LogP contribution is 2.23. The van der Waals surface area contributed by atoms with Crippen molar-refractivity contribution in [2.45, 2.75) is 25.8 Å². The number of carbonyl (C=O) groups is 2. The predicted molar refractivity (Wildman–Crippen MR) is 104 cm³/mol. The molecule has 3 N–H and O–H groups in total. The van der Waals surface area contributed by atoms with Crippen LogP contribution < -0.4 is 16.5 Å². The van der Waals surface area contributed by atoms with Gasteiger partial charge in [-0.15, -0.1) is 0 Å². The van der Waals surface area contributed by atoms with E-state index in [2.05, 4.69) is 5.32 Å². The van der Waals surface area contributed by atoms with E-state index >= 15 is 0 Å². The first-order valence-corrected chi connectivity index (χ1v) is 8.86. The van der Waals surface area contributed by atoms with Gasteiger partial charge in [-0.25, -0.2) is 0 Å². The first-order valence-electron chi connectivity index (χ1n) is 8.86. The van der Waals surface area contributed by atoms with Crippen molar-refractivity contribution < 1.29 is 9.59 Å². The van der Waals surface area contributed by atoms with E-state index in [1.807, 2.05) is 16.7 Å². The van der Waals surface area contributed by atoms with Crippen molar-refractivity contribution in [3.8, 4) is 0 Å². The lowest BCUT2D eigenvalue weighted by atomic mass is 9.99. The quantitative estimate of drug-likeness (QED) is 0.746. The van der Waals surface area contributed by atoms with Gasteiger partial charge < -0.3 is 15.6 Å². The van der Waals surface area contributed by atoms with E-state index in [0.29, 0.717) is 11.1 Å². The van der Waals surface area contributed by atoms with E-state index in [1.54, 1.807) is 36.5 Å². The zero-order chi connectivity index (χ0) is 19.0. The van der Waals surface area contributed by atoms with Crippen LogP contribution in [0.5, 0.6) is 0 Å². The topological polar surface area (TPSA) is 94.2 Å². The van der Waals surface area contributed by atoms with Crippen LogP contribution in [0.3, 0.4) is 0 Å². The van der Waals surface area contributed by atoms with Crippen LogP contribution in [0.4, 0.5) is 5.69 Å². The van der Waals surface area contributed by atoms with Gasteiger partial charge >= 0.3 is 0 Å². The maximum atomic E-state index is 12.9. The second kappa shape index (κ2) is 6.72. The summed E-state index contributed by atoms with van der Waals surface area (Å²) in [5.74, 6) is -0.853. The molecule has 0 saturated heterocycles. The molecule has 4 rings (SSSR count). The molecule has 0 atom stereocenters. The van der Waals surface area contributed by atoms with Gasteiger partial charge in [-0.2, -0.15) is 0 Å².